The van der Waals surface area contributed by atoms with Gasteiger partial charge in [-0.15, -0.1) is 0 Å². The number of hydrogen-bond acceptors (Lipinski definition) is 8. The molecule has 3 aliphatic rings. The van der Waals surface area contributed by atoms with Crippen LogP contribution in [-0.2, 0) is 22.4 Å². The maximum atomic E-state index is 13.2. The van der Waals surface area contributed by atoms with E-state index < -0.39 is 35.0 Å². The summed E-state index contributed by atoms with van der Waals surface area (Å²) in [6.45, 7) is 12.7. The van der Waals surface area contributed by atoms with Crippen molar-refractivity contribution in [1.29, 1.82) is 0 Å². The molecule has 1 aromatic heterocycles. The Kier molecular flexibility index (Phi) is 11.8. The van der Waals surface area contributed by atoms with E-state index >= 15 is 0 Å². The van der Waals surface area contributed by atoms with Crippen molar-refractivity contribution in [3.8, 4) is 5.69 Å². The zero-order valence-corrected chi connectivity index (χ0v) is 31.2. The molecule has 2 fully saturated rings. The second-order valence-electron chi connectivity index (χ2n) is 15.6. The maximum Gasteiger partial charge on any atom is 0.408 e. The lowest BCUT2D eigenvalue weighted by molar-refractivity contribution is -0.138. The SMILES string of the molecule is CCN(C1CCc2cc(-n3ccc(NC(=O)N4CCN(C(=O)C(C)(C)NC(=O)OC(C)(C)C)CC4)nc3=O)ccc2C1)[C@H]1CC[C@H](NC(=O)O)CC1. The van der Waals surface area contributed by atoms with Crippen molar-refractivity contribution in [1.82, 2.24) is 34.9 Å². The number of carbonyl (C=O) groups is 4. The molecular formula is C37H54N8O7. The molecule has 2 aromatic rings. The largest absolute Gasteiger partial charge is 0.465 e. The number of alkyl carbamates (subject to hydrolysis) is 1. The molecule has 15 heteroatoms. The number of ether oxygens (including phenoxy) is 1. The Balaban J connectivity index is 1.13. The van der Waals surface area contributed by atoms with Gasteiger partial charge in [-0.1, -0.05) is 13.0 Å². The Morgan fingerprint density at radius 2 is 1.60 bits per heavy atom. The molecular weight excluding hydrogens is 668 g/mol. The van der Waals surface area contributed by atoms with Crippen LogP contribution in [0.5, 0.6) is 0 Å². The van der Waals surface area contributed by atoms with Crippen LogP contribution in [0.1, 0.15) is 84.8 Å². The second kappa shape index (κ2) is 15.9. The number of fused-ring (bicyclic) bond motifs is 1. The van der Waals surface area contributed by atoms with E-state index in [1.165, 1.54) is 15.7 Å². The van der Waals surface area contributed by atoms with E-state index in [-0.39, 0.29) is 43.9 Å². The summed E-state index contributed by atoms with van der Waals surface area (Å²) >= 11 is 0. The van der Waals surface area contributed by atoms with E-state index in [2.05, 4.69) is 44.9 Å². The highest BCUT2D eigenvalue weighted by Gasteiger charge is 2.37. The van der Waals surface area contributed by atoms with Crippen LogP contribution in [0, 0.1) is 0 Å². The Hall–Kier alpha value is -4.66. The van der Waals surface area contributed by atoms with Crippen LogP contribution in [0.2, 0.25) is 0 Å². The quantitative estimate of drug-likeness (QED) is 0.314. The Bertz CT molecular complexity index is 1690. The number of carboxylic acid groups (broad SMARTS) is 1. The number of hydrogen-bond donors (Lipinski definition) is 4. The first-order chi connectivity index (χ1) is 24.5. The first kappa shape index (κ1) is 38.6. The molecule has 0 bridgehead atoms. The minimum absolute atomic E-state index is 0.0390. The van der Waals surface area contributed by atoms with Gasteiger partial charge in [-0.05, 0) is 115 Å². The van der Waals surface area contributed by atoms with Gasteiger partial charge in [0.2, 0.25) is 5.91 Å². The van der Waals surface area contributed by atoms with Crippen molar-refractivity contribution in [3.63, 3.8) is 0 Å². The lowest BCUT2D eigenvalue weighted by atomic mass is 9.84. The van der Waals surface area contributed by atoms with Crippen LogP contribution in [0.25, 0.3) is 5.69 Å². The van der Waals surface area contributed by atoms with Gasteiger partial charge in [0, 0.05) is 50.5 Å². The van der Waals surface area contributed by atoms with Gasteiger partial charge in [0.25, 0.3) is 0 Å². The predicted octanol–water partition coefficient (Wildman–Crippen LogP) is 3.97. The zero-order valence-electron chi connectivity index (χ0n) is 31.2. The minimum Gasteiger partial charge on any atom is -0.465 e. The average molecular weight is 723 g/mol. The van der Waals surface area contributed by atoms with Crippen molar-refractivity contribution in [3.05, 3.63) is 52.1 Å². The number of nitrogens with zero attached hydrogens (tertiary/aromatic N) is 5. The summed E-state index contributed by atoms with van der Waals surface area (Å²) in [6, 6.07) is 8.17. The summed E-state index contributed by atoms with van der Waals surface area (Å²) in [7, 11) is 0. The number of rotatable bonds is 8. The van der Waals surface area contributed by atoms with Crippen LogP contribution in [-0.4, -0.2) is 115 Å². The number of anilines is 1. The van der Waals surface area contributed by atoms with Crippen LogP contribution in [0.15, 0.2) is 35.3 Å². The third-order valence-electron chi connectivity index (χ3n) is 10.2. The van der Waals surface area contributed by atoms with Gasteiger partial charge >= 0.3 is 23.9 Å². The number of aryl methyl sites for hydroxylation is 1. The molecule has 1 unspecified atom stereocenters. The van der Waals surface area contributed by atoms with Gasteiger partial charge < -0.3 is 30.3 Å². The average Bonchev–Trinajstić information content (AvgIpc) is 3.07. The first-order valence-electron chi connectivity index (χ1n) is 18.4. The summed E-state index contributed by atoms with van der Waals surface area (Å²) in [6.07, 6.45) is 6.52. The van der Waals surface area contributed by atoms with Gasteiger partial charge in [-0.3, -0.25) is 19.6 Å². The number of carbonyl (C=O) groups excluding carboxylic acids is 3. The third kappa shape index (κ3) is 9.60. The summed E-state index contributed by atoms with van der Waals surface area (Å²) in [4.78, 5) is 72.6. The number of likely N-dealkylation sites (N-methyl/N-ethyl adjacent to an activating group) is 1. The van der Waals surface area contributed by atoms with E-state index in [1.54, 1.807) is 56.7 Å². The van der Waals surface area contributed by atoms with E-state index in [4.69, 9.17) is 9.84 Å². The van der Waals surface area contributed by atoms with Crippen molar-refractivity contribution < 1.29 is 29.0 Å². The van der Waals surface area contributed by atoms with Crippen LogP contribution >= 0.6 is 0 Å². The Labute approximate surface area is 305 Å². The van der Waals surface area contributed by atoms with Gasteiger partial charge in [-0.2, -0.15) is 4.98 Å². The standard InChI is InChI=1S/C37H54N8O7/c1-7-44(27-14-10-26(11-15-27)38-34(49)50)28-12-8-25-23-29(13-9-24(25)22-28)45-17-16-30(40-33(45)48)39-32(47)43-20-18-42(19-21-43)31(46)37(5,6)41-35(51)52-36(2,3)4/h9,13,16-17,23,26-28,38H,7-8,10-12,14-15,18-22H2,1-6H3,(H,41,51)(H,49,50)(H,39,40,47,48)/t26-,27-,28?. The fourth-order valence-corrected chi connectivity index (χ4v) is 7.67. The highest BCUT2D eigenvalue weighted by atomic mass is 16.6. The molecule has 52 heavy (non-hydrogen) atoms. The van der Waals surface area contributed by atoms with Crippen LogP contribution in [0.3, 0.4) is 0 Å². The molecule has 284 valence electrons. The summed E-state index contributed by atoms with van der Waals surface area (Å²) in [5.74, 6) is -0.138. The number of nitrogens with one attached hydrogen (secondary N) is 3. The fraction of sp³-hybridized carbons (Fsp3) is 0.622. The monoisotopic (exact) mass is 722 g/mol. The number of aromatic nitrogens is 2. The summed E-state index contributed by atoms with van der Waals surface area (Å²) in [5.41, 5.74) is 0.807. The molecule has 5 rings (SSSR count). The predicted molar refractivity (Wildman–Crippen MR) is 196 cm³/mol. The highest BCUT2D eigenvalue weighted by molar-refractivity contribution is 5.90. The fourth-order valence-electron chi connectivity index (χ4n) is 7.67. The number of piperazine rings is 1. The first-order valence-corrected chi connectivity index (χ1v) is 18.4. The van der Waals surface area contributed by atoms with E-state index in [9.17, 15) is 24.0 Å². The summed E-state index contributed by atoms with van der Waals surface area (Å²) < 4.78 is 6.77. The lowest BCUT2D eigenvalue weighted by Crippen LogP contribution is -2.60. The molecule has 0 radical (unpaired) electrons. The summed E-state index contributed by atoms with van der Waals surface area (Å²) in [5, 5.41) is 17.1. The highest BCUT2D eigenvalue weighted by Crippen LogP contribution is 2.31. The normalized spacial score (nSPS) is 20.9. The second-order valence-corrected chi connectivity index (χ2v) is 15.6. The molecule has 1 aliphatic heterocycles. The maximum absolute atomic E-state index is 13.2. The third-order valence-corrected chi connectivity index (χ3v) is 10.2. The van der Waals surface area contributed by atoms with Crippen molar-refractivity contribution in [2.75, 3.05) is 38.0 Å². The molecule has 1 aromatic carbocycles. The van der Waals surface area contributed by atoms with Crippen molar-refractivity contribution in [2.45, 2.75) is 116 Å². The van der Waals surface area contributed by atoms with E-state index in [0.717, 1.165) is 51.5 Å². The molecule has 5 amide bonds. The Morgan fingerprint density at radius 3 is 2.21 bits per heavy atom. The zero-order chi connectivity index (χ0) is 37.8. The molecule has 1 atom stereocenters. The van der Waals surface area contributed by atoms with E-state index in [0.29, 0.717) is 17.8 Å². The molecule has 1 saturated heterocycles. The van der Waals surface area contributed by atoms with Gasteiger partial charge in [0.15, 0.2) is 0 Å². The topological polar surface area (TPSA) is 178 Å². The van der Waals surface area contributed by atoms with E-state index in [1.807, 2.05) is 6.07 Å². The smallest absolute Gasteiger partial charge is 0.408 e. The number of amides is 5. The molecule has 2 aliphatic carbocycles. The Morgan fingerprint density at radius 1 is 0.923 bits per heavy atom. The molecule has 0 spiro atoms. The molecule has 15 nitrogen and oxygen atoms in total. The number of urea groups is 1. The van der Waals surface area contributed by atoms with Crippen LogP contribution < -0.4 is 21.6 Å². The molecule has 4 N–H and O–H groups in total. The lowest BCUT2D eigenvalue weighted by Gasteiger charge is -2.42. The van der Waals surface area contributed by atoms with Crippen molar-refractivity contribution >= 4 is 29.9 Å². The van der Waals surface area contributed by atoms with Crippen LogP contribution in [0.4, 0.5) is 20.2 Å². The minimum atomic E-state index is -1.19. The van der Waals surface area contributed by atoms with Gasteiger partial charge in [0.1, 0.15) is 17.0 Å². The molecule has 2 heterocycles. The van der Waals surface area contributed by atoms with Crippen molar-refractivity contribution in [2.24, 2.45) is 0 Å². The number of benzene rings is 1. The molecule has 1 saturated carbocycles. The van der Waals surface area contributed by atoms with Gasteiger partial charge in [-0.25, -0.2) is 19.2 Å². The van der Waals surface area contributed by atoms with Gasteiger partial charge in [0.05, 0.1) is 5.69 Å².